The summed E-state index contributed by atoms with van der Waals surface area (Å²) in [5.41, 5.74) is 1.54. The van der Waals surface area contributed by atoms with Crippen molar-refractivity contribution in [3.05, 3.63) is 57.8 Å². The Balaban J connectivity index is 1.47. The van der Waals surface area contributed by atoms with E-state index < -0.39 is 0 Å². The van der Waals surface area contributed by atoms with E-state index in [-0.39, 0.29) is 5.91 Å². The van der Waals surface area contributed by atoms with Crippen molar-refractivity contribution in [1.82, 2.24) is 10.1 Å². The highest BCUT2D eigenvalue weighted by molar-refractivity contribution is 7.16. The standard InChI is InChI=1S/C19H16ClN3O2S/c1-11-15(21-17(24)9-8-12-4-2-3-5-14(12)20)10-16(26-11)18-22-19(25-23-18)13-6-7-13/h2-5,8-10,13H,6-7H2,1H3,(H,21,24)/b9-8+. The summed E-state index contributed by atoms with van der Waals surface area (Å²) in [6, 6.07) is 9.24. The smallest absolute Gasteiger partial charge is 0.248 e. The van der Waals surface area contributed by atoms with Gasteiger partial charge in [-0.2, -0.15) is 4.98 Å². The molecule has 26 heavy (non-hydrogen) atoms. The number of hydrogen-bond donors (Lipinski definition) is 1. The average molecular weight is 386 g/mol. The van der Waals surface area contributed by atoms with E-state index in [2.05, 4.69) is 15.5 Å². The highest BCUT2D eigenvalue weighted by Gasteiger charge is 2.30. The second-order valence-electron chi connectivity index (χ2n) is 6.16. The fourth-order valence-electron chi connectivity index (χ4n) is 2.50. The number of nitrogens with zero attached hydrogens (tertiary/aromatic N) is 2. The minimum atomic E-state index is -0.218. The molecule has 3 aromatic rings. The first kappa shape index (κ1) is 17.0. The zero-order chi connectivity index (χ0) is 18.1. The Morgan fingerprint density at radius 3 is 2.96 bits per heavy atom. The van der Waals surface area contributed by atoms with Crippen molar-refractivity contribution in [2.24, 2.45) is 0 Å². The van der Waals surface area contributed by atoms with Crippen LogP contribution >= 0.6 is 22.9 Å². The highest BCUT2D eigenvalue weighted by atomic mass is 35.5. The van der Waals surface area contributed by atoms with E-state index >= 15 is 0 Å². The number of halogens is 1. The van der Waals surface area contributed by atoms with E-state index in [4.69, 9.17) is 16.1 Å². The van der Waals surface area contributed by atoms with E-state index in [0.29, 0.717) is 22.7 Å². The summed E-state index contributed by atoms with van der Waals surface area (Å²) in [5, 5.41) is 7.54. The maximum Gasteiger partial charge on any atom is 0.248 e. The summed E-state index contributed by atoms with van der Waals surface area (Å²) in [7, 11) is 0. The molecule has 0 saturated heterocycles. The van der Waals surface area contributed by atoms with Crippen LogP contribution in [-0.4, -0.2) is 16.0 Å². The molecule has 1 aliphatic rings. The molecule has 2 heterocycles. The van der Waals surface area contributed by atoms with Crippen LogP contribution < -0.4 is 5.32 Å². The maximum absolute atomic E-state index is 12.2. The van der Waals surface area contributed by atoms with Crippen LogP contribution in [0.1, 0.15) is 35.1 Å². The quantitative estimate of drug-likeness (QED) is 0.606. The van der Waals surface area contributed by atoms with Gasteiger partial charge in [0.25, 0.3) is 0 Å². The normalized spacial score (nSPS) is 14.1. The molecule has 7 heteroatoms. The van der Waals surface area contributed by atoms with E-state index in [1.54, 1.807) is 12.1 Å². The number of amides is 1. The van der Waals surface area contributed by atoms with Gasteiger partial charge >= 0.3 is 0 Å². The minimum absolute atomic E-state index is 0.218. The molecule has 0 aliphatic heterocycles. The monoisotopic (exact) mass is 385 g/mol. The van der Waals surface area contributed by atoms with Gasteiger partial charge in [0.05, 0.1) is 10.6 Å². The van der Waals surface area contributed by atoms with Gasteiger partial charge in [0.15, 0.2) is 0 Å². The summed E-state index contributed by atoms with van der Waals surface area (Å²) in [4.78, 5) is 18.5. The molecule has 2 aromatic heterocycles. The van der Waals surface area contributed by atoms with Crippen molar-refractivity contribution < 1.29 is 9.32 Å². The average Bonchev–Trinajstić information content (AvgIpc) is 3.25. The van der Waals surface area contributed by atoms with Crippen molar-refractivity contribution in [3.63, 3.8) is 0 Å². The molecule has 0 bridgehead atoms. The zero-order valence-corrected chi connectivity index (χ0v) is 15.6. The molecule has 1 saturated carbocycles. The van der Waals surface area contributed by atoms with Crippen LogP contribution in [0.3, 0.4) is 0 Å². The van der Waals surface area contributed by atoms with E-state index in [0.717, 1.165) is 33.8 Å². The molecule has 4 rings (SSSR count). The van der Waals surface area contributed by atoms with Crippen LogP contribution in [0.2, 0.25) is 5.02 Å². The van der Waals surface area contributed by atoms with Gasteiger partial charge in [0, 0.05) is 21.9 Å². The lowest BCUT2D eigenvalue weighted by molar-refractivity contribution is -0.111. The van der Waals surface area contributed by atoms with Crippen LogP contribution in [0.4, 0.5) is 5.69 Å². The van der Waals surface area contributed by atoms with Crippen LogP contribution in [0, 0.1) is 6.92 Å². The van der Waals surface area contributed by atoms with E-state index in [1.165, 1.54) is 17.4 Å². The second kappa shape index (κ2) is 7.05. The van der Waals surface area contributed by atoms with Gasteiger partial charge in [-0.3, -0.25) is 4.79 Å². The number of hydrogen-bond acceptors (Lipinski definition) is 5. The third-order valence-electron chi connectivity index (χ3n) is 4.08. The third kappa shape index (κ3) is 3.71. The number of carbonyl (C=O) groups excluding carboxylic acids is 1. The van der Waals surface area contributed by atoms with Crippen LogP contribution in [0.25, 0.3) is 16.8 Å². The predicted molar refractivity (Wildman–Crippen MR) is 103 cm³/mol. The highest BCUT2D eigenvalue weighted by Crippen LogP contribution is 2.40. The summed E-state index contributed by atoms with van der Waals surface area (Å²) < 4.78 is 5.31. The molecule has 0 atom stereocenters. The molecule has 0 unspecified atom stereocenters. The number of carbonyl (C=O) groups is 1. The fraction of sp³-hybridized carbons (Fsp3) is 0.211. The van der Waals surface area contributed by atoms with Crippen LogP contribution in [-0.2, 0) is 4.79 Å². The summed E-state index contributed by atoms with van der Waals surface area (Å²) in [5.74, 6) is 1.49. The van der Waals surface area contributed by atoms with Crippen LogP contribution in [0.5, 0.6) is 0 Å². The molecule has 5 nitrogen and oxygen atoms in total. The molecule has 1 N–H and O–H groups in total. The Morgan fingerprint density at radius 2 is 2.19 bits per heavy atom. The lowest BCUT2D eigenvalue weighted by atomic mass is 10.2. The number of aromatic nitrogens is 2. The van der Waals surface area contributed by atoms with Crippen molar-refractivity contribution in [2.75, 3.05) is 5.32 Å². The van der Waals surface area contributed by atoms with Gasteiger partial charge in [-0.1, -0.05) is 35.0 Å². The molecule has 0 radical (unpaired) electrons. The van der Waals surface area contributed by atoms with Crippen LogP contribution in [0.15, 0.2) is 40.9 Å². The number of nitrogens with one attached hydrogen (secondary N) is 1. The number of benzene rings is 1. The Bertz CT molecular complexity index is 988. The number of thiophene rings is 1. The Morgan fingerprint density at radius 1 is 1.38 bits per heavy atom. The molecule has 1 fully saturated rings. The Labute approximate surface area is 159 Å². The van der Waals surface area contributed by atoms with E-state index in [9.17, 15) is 4.79 Å². The molecular formula is C19H16ClN3O2S. The minimum Gasteiger partial charge on any atom is -0.339 e. The lowest BCUT2D eigenvalue weighted by Crippen LogP contribution is -2.07. The van der Waals surface area contributed by atoms with Gasteiger partial charge in [0.2, 0.25) is 17.6 Å². The molecular weight excluding hydrogens is 370 g/mol. The Hall–Kier alpha value is -2.44. The fourth-order valence-corrected chi connectivity index (χ4v) is 3.60. The van der Waals surface area contributed by atoms with Gasteiger partial charge < -0.3 is 9.84 Å². The SMILES string of the molecule is Cc1sc(-c2noc(C3CC3)n2)cc1NC(=O)/C=C/c1ccccc1Cl. The molecule has 132 valence electrons. The van der Waals surface area contributed by atoms with Crippen molar-refractivity contribution in [3.8, 4) is 10.7 Å². The van der Waals surface area contributed by atoms with Crippen molar-refractivity contribution >= 4 is 40.6 Å². The number of anilines is 1. The number of aryl methyl sites for hydroxylation is 1. The van der Waals surface area contributed by atoms with Crippen molar-refractivity contribution in [1.29, 1.82) is 0 Å². The summed E-state index contributed by atoms with van der Waals surface area (Å²) in [6.45, 7) is 1.95. The first-order valence-electron chi connectivity index (χ1n) is 8.28. The maximum atomic E-state index is 12.2. The molecule has 0 spiro atoms. The summed E-state index contributed by atoms with van der Waals surface area (Å²) >= 11 is 7.62. The van der Waals surface area contributed by atoms with Gasteiger partial charge in [0.1, 0.15) is 0 Å². The molecule has 1 amide bonds. The zero-order valence-electron chi connectivity index (χ0n) is 14.0. The topological polar surface area (TPSA) is 68.0 Å². The third-order valence-corrected chi connectivity index (χ3v) is 5.47. The largest absolute Gasteiger partial charge is 0.339 e. The van der Waals surface area contributed by atoms with Crippen molar-refractivity contribution in [2.45, 2.75) is 25.7 Å². The number of rotatable bonds is 5. The van der Waals surface area contributed by atoms with Gasteiger partial charge in [-0.05, 0) is 43.5 Å². The lowest BCUT2D eigenvalue weighted by Gasteiger charge is -2.00. The first-order chi connectivity index (χ1) is 12.6. The van der Waals surface area contributed by atoms with Gasteiger partial charge in [-0.15, -0.1) is 11.3 Å². The van der Waals surface area contributed by atoms with E-state index in [1.807, 2.05) is 31.2 Å². The second-order valence-corrected chi connectivity index (χ2v) is 7.82. The molecule has 1 aliphatic carbocycles. The van der Waals surface area contributed by atoms with Gasteiger partial charge in [-0.25, -0.2) is 0 Å². The predicted octanol–water partition coefficient (Wildman–Crippen LogP) is 5.29. The Kier molecular flexibility index (Phi) is 4.61. The first-order valence-corrected chi connectivity index (χ1v) is 9.47. The summed E-state index contributed by atoms with van der Waals surface area (Å²) in [6.07, 6.45) is 5.40. The molecule has 1 aromatic carbocycles.